The van der Waals surface area contributed by atoms with Crippen molar-refractivity contribution in [1.82, 2.24) is 4.90 Å². The summed E-state index contributed by atoms with van der Waals surface area (Å²) in [5, 5.41) is 0. The fourth-order valence-corrected chi connectivity index (χ4v) is 2.46. The second kappa shape index (κ2) is 7.36. The predicted molar refractivity (Wildman–Crippen MR) is 81.9 cm³/mol. The van der Waals surface area contributed by atoms with Gasteiger partial charge in [-0.3, -0.25) is 0 Å². The molecule has 2 N–H and O–H groups in total. The van der Waals surface area contributed by atoms with Crippen molar-refractivity contribution in [1.29, 1.82) is 0 Å². The van der Waals surface area contributed by atoms with Gasteiger partial charge < -0.3 is 20.3 Å². The monoisotopic (exact) mass is 265 g/mol. The van der Waals surface area contributed by atoms with Crippen molar-refractivity contribution in [3.05, 3.63) is 23.8 Å². The molecule has 0 spiro atoms. The molecule has 0 fully saturated rings. The summed E-state index contributed by atoms with van der Waals surface area (Å²) in [5.41, 5.74) is 8.20. The zero-order valence-corrected chi connectivity index (χ0v) is 12.8. The Morgan fingerprint density at radius 1 is 1.32 bits per heavy atom. The maximum Gasteiger partial charge on any atom is 0.120 e. The lowest BCUT2D eigenvalue weighted by atomic mass is 10.1. The number of ether oxygens (including phenoxy) is 1. The van der Waals surface area contributed by atoms with Crippen molar-refractivity contribution in [2.75, 3.05) is 39.2 Å². The molecule has 4 heteroatoms. The molecular weight excluding hydrogens is 238 g/mol. The van der Waals surface area contributed by atoms with E-state index in [1.807, 2.05) is 6.07 Å². The Morgan fingerprint density at radius 2 is 2.00 bits per heavy atom. The van der Waals surface area contributed by atoms with Crippen LogP contribution in [0.3, 0.4) is 0 Å². The highest BCUT2D eigenvalue weighted by Gasteiger charge is 2.17. The van der Waals surface area contributed by atoms with Gasteiger partial charge in [0.1, 0.15) is 5.75 Å². The van der Waals surface area contributed by atoms with Crippen LogP contribution < -0.4 is 15.4 Å². The maximum atomic E-state index is 5.86. The minimum atomic E-state index is 0.428. The van der Waals surface area contributed by atoms with Crippen LogP contribution in [0.1, 0.15) is 19.4 Å². The minimum absolute atomic E-state index is 0.428. The first kappa shape index (κ1) is 15.8. The highest BCUT2D eigenvalue weighted by atomic mass is 16.5. The van der Waals surface area contributed by atoms with Gasteiger partial charge in [0.05, 0.1) is 7.11 Å². The zero-order valence-electron chi connectivity index (χ0n) is 12.8. The van der Waals surface area contributed by atoms with Crippen LogP contribution in [0.4, 0.5) is 5.69 Å². The fourth-order valence-electron chi connectivity index (χ4n) is 2.46. The van der Waals surface area contributed by atoms with E-state index in [1.54, 1.807) is 7.11 Å². The number of benzene rings is 1. The van der Waals surface area contributed by atoms with Crippen LogP contribution >= 0.6 is 0 Å². The molecule has 1 atom stereocenters. The molecule has 0 radical (unpaired) electrons. The van der Waals surface area contributed by atoms with Crippen LogP contribution in [0.2, 0.25) is 0 Å². The first-order valence-electron chi connectivity index (χ1n) is 6.81. The highest BCUT2D eigenvalue weighted by molar-refractivity contribution is 5.58. The SMILES string of the molecule is CCN(c1cc(OC)ccc1CN)C(C)CN(C)C. The van der Waals surface area contributed by atoms with Crippen LogP contribution in [0.5, 0.6) is 5.75 Å². The van der Waals surface area contributed by atoms with E-state index in [0.29, 0.717) is 12.6 Å². The Balaban J connectivity index is 3.07. The van der Waals surface area contributed by atoms with Crippen molar-refractivity contribution in [3.8, 4) is 5.75 Å². The summed E-state index contributed by atoms with van der Waals surface area (Å²) >= 11 is 0. The van der Waals surface area contributed by atoms with Crippen molar-refractivity contribution < 1.29 is 4.74 Å². The Kier molecular flexibility index (Phi) is 6.12. The Bertz CT molecular complexity index is 393. The van der Waals surface area contributed by atoms with Gasteiger partial charge in [0, 0.05) is 37.4 Å². The van der Waals surface area contributed by atoms with Gasteiger partial charge in [-0.2, -0.15) is 0 Å². The molecule has 0 aliphatic rings. The summed E-state index contributed by atoms with van der Waals surface area (Å²) < 4.78 is 5.33. The van der Waals surface area contributed by atoms with E-state index < -0.39 is 0 Å². The molecule has 1 unspecified atom stereocenters. The third-order valence-corrected chi connectivity index (χ3v) is 3.32. The molecule has 0 saturated carbocycles. The number of hydrogen-bond acceptors (Lipinski definition) is 4. The molecule has 19 heavy (non-hydrogen) atoms. The summed E-state index contributed by atoms with van der Waals surface area (Å²) in [7, 11) is 5.89. The van der Waals surface area contributed by atoms with Gasteiger partial charge in [0.25, 0.3) is 0 Å². The van der Waals surface area contributed by atoms with E-state index in [0.717, 1.165) is 24.4 Å². The van der Waals surface area contributed by atoms with Gasteiger partial charge in [0.2, 0.25) is 0 Å². The standard InChI is InChI=1S/C15H27N3O/c1-6-18(12(2)11-17(3)4)15-9-14(19-5)8-7-13(15)10-16/h7-9,12H,6,10-11,16H2,1-5H3. The number of nitrogens with zero attached hydrogens (tertiary/aromatic N) is 2. The first-order chi connectivity index (χ1) is 9.03. The van der Waals surface area contributed by atoms with E-state index in [-0.39, 0.29) is 0 Å². The summed E-state index contributed by atoms with van der Waals surface area (Å²) in [6.07, 6.45) is 0. The molecule has 0 bridgehead atoms. The average Bonchev–Trinajstić information content (AvgIpc) is 2.38. The topological polar surface area (TPSA) is 41.7 Å². The second-order valence-corrected chi connectivity index (χ2v) is 5.10. The number of anilines is 1. The molecule has 108 valence electrons. The number of nitrogens with two attached hydrogens (primary N) is 1. The van der Waals surface area contributed by atoms with E-state index in [2.05, 4.69) is 49.9 Å². The molecule has 0 amide bonds. The largest absolute Gasteiger partial charge is 0.497 e. The second-order valence-electron chi connectivity index (χ2n) is 5.10. The van der Waals surface area contributed by atoms with Crippen molar-refractivity contribution in [2.45, 2.75) is 26.4 Å². The lowest BCUT2D eigenvalue weighted by molar-refractivity contribution is 0.372. The number of methoxy groups -OCH3 is 1. The Morgan fingerprint density at radius 3 is 2.47 bits per heavy atom. The molecule has 4 nitrogen and oxygen atoms in total. The molecular formula is C15H27N3O. The van der Waals surface area contributed by atoms with Crippen molar-refractivity contribution in [2.24, 2.45) is 5.73 Å². The molecule has 1 aromatic rings. The van der Waals surface area contributed by atoms with Gasteiger partial charge in [-0.15, -0.1) is 0 Å². The van der Waals surface area contributed by atoms with Gasteiger partial charge in [-0.1, -0.05) is 6.07 Å². The molecule has 0 heterocycles. The molecule has 0 aromatic heterocycles. The van der Waals surface area contributed by atoms with Crippen molar-refractivity contribution >= 4 is 5.69 Å². The summed E-state index contributed by atoms with van der Waals surface area (Å²) in [6.45, 7) is 6.92. The molecule has 0 aliphatic carbocycles. The van der Waals surface area contributed by atoms with E-state index in [1.165, 1.54) is 5.69 Å². The number of rotatable bonds is 7. The molecule has 1 rings (SSSR count). The maximum absolute atomic E-state index is 5.86. The number of hydrogen-bond donors (Lipinski definition) is 1. The van der Waals surface area contributed by atoms with Gasteiger partial charge in [0.15, 0.2) is 0 Å². The van der Waals surface area contributed by atoms with Crippen molar-refractivity contribution in [3.63, 3.8) is 0 Å². The smallest absolute Gasteiger partial charge is 0.120 e. The summed E-state index contributed by atoms with van der Waals surface area (Å²) in [5.74, 6) is 0.878. The predicted octanol–water partition coefficient (Wildman–Crippen LogP) is 1.93. The Labute approximate surface area is 117 Å². The normalized spacial score (nSPS) is 12.6. The molecule has 0 aliphatic heterocycles. The lowest BCUT2D eigenvalue weighted by Crippen LogP contribution is -2.40. The van der Waals surface area contributed by atoms with Crippen LogP contribution in [0.15, 0.2) is 18.2 Å². The molecule has 0 saturated heterocycles. The minimum Gasteiger partial charge on any atom is -0.497 e. The van der Waals surface area contributed by atoms with Gasteiger partial charge in [-0.25, -0.2) is 0 Å². The van der Waals surface area contributed by atoms with Gasteiger partial charge in [-0.05, 0) is 39.6 Å². The van der Waals surface area contributed by atoms with Crippen LogP contribution in [-0.4, -0.2) is 45.2 Å². The van der Waals surface area contributed by atoms with Crippen LogP contribution in [-0.2, 0) is 6.54 Å². The fraction of sp³-hybridized carbons (Fsp3) is 0.600. The lowest BCUT2D eigenvalue weighted by Gasteiger charge is -2.33. The van der Waals surface area contributed by atoms with E-state index in [4.69, 9.17) is 10.5 Å². The van der Waals surface area contributed by atoms with E-state index >= 15 is 0 Å². The van der Waals surface area contributed by atoms with Crippen LogP contribution in [0, 0.1) is 0 Å². The highest BCUT2D eigenvalue weighted by Crippen LogP contribution is 2.27. The average molecular weight is 265 g/mol. The van der Waals surface area contributed by atoms with E-state index in [9.17, 15) is 0 Å². The first-order valence-corrected chi connectivity index (χ1v) is 6.81. The Hall–Kier alpha value is -1.26. The van der Waals surface area contributed by atoms with Crippen LogP contribution in [0.25, 0.3) is 0 Å². The quantitative estimate of drug-likeness (QED) is 0.818. The summed E-state index contributed by atoms with van der Waals surface area (Å²) in [4.78, 5) is 4.58. The molecule has 1 aromatic carbocycles. The summed E-state index contributed by atoms with van der Waals surface area (Å²) in [6, 6.07) is 6.53. The zero-order chi connectivity index (χ0) is 14.4. The third-order valence-electron chi connectivity index (χ3n) is 3.32. The third kappa shape index (κ3) is 4.11. The number of likely N-dealkylation sites (N-methyl/N-ethyl adjacent to an activating group) is 2. The van der Waals surface area contributed by atoms with Gasteiger partial charge >= 0.3 is 0 Å².